The zero-order valence-electron chi connectivity index (χ0n) is 37.8. The van der Waals surface area contributed by atoms with Crippen molar-refractivity contribution in [3.05, 3.63) is 59.7 Å². The van der Waals surface area contributed by atoms with Crippen LogP contribution in [0.15, 0.2) is 53.5 Å². The largest absolute Gasteiger partial charge is 0.494 e. The van der Waals surface area contributed by atoms with Gasteiger partial charge in [-0.25, -0.2) is 0 Å². The number of carbonyl (C=O) groups is 7. The number of rotatable bonds is 21. The molecule has 0 bridgehead atoms. The Hall–Kier alpha value is -5.70. The summed E-state index contributed by atoms with van der Waals surface area (Å²) in [6.45, 7) is 4.99. The lowest BCUT2D eigenvalue weighted by atomic mass is 10.1. The zero-order valence-corrected chi connectivity index (χ0v) is 39.9. The predicted molar refractivity (Wildman–Crippen MR) is 255 cm³/mol. The van der Waals surface area contributed by atoms with E-state index in [0.29, 0.717) is 85.9 Å². The summed E-state index contributed by atoms with van der Waals surface area (Å²) in [6, 6.07) is 13.9. The van der Waals surface area contributed by atoms with Crippen molar-refractivity contribution in [3.8, 4) is 5.75 Å². The van der Waals surface area contributed by atoms with E-state index >= 15 is 0 Å². The van der Waals surface area contributed by atoms with Crippen LogP contribution in [-0.2, 0) is 35.3 Å². The Labute approximate surface area is 403 Å². The van der Waals surface area contributed by atoms with Crippen molar-refractivity contribution in [3.63, 3.8) is 0 Å². The average molecular weight is 1060 g/mol. The van der Waals surface area contributed by atoms with E-state index in [1.165, 1.54) is 9.80 Å². The Balaban J connectivity index is 0.00000139. The molecule has 22 nitrogen and oxygen atoms in total. The third-order valence-corrected chi connectivity index (χ3v) is 10.3. The molecule has 0 spiro atoms. The monoisotopic (exact) mass is 1060 g/mol. The van der Waals surface area contributed by atoms with E-state index in [0.717, 1.165) is 24.9 Å². The van der Waals surface area contributed by atoms with Gasteiger partial charge in [-0.1, -0.05) is 37.6 Å². The van der Waals surface area contributed by atoms with Crippen LogP contribution in [0.2, 0.25) is 0 Å². The number of nitrogens with two attached hydrogens (primary N) is 2. The molecule has 0 aromatic heterocycles. The molecule has 0 saturated carbocycles. The van der Waals surface area contributed by atoms with Crippen molar-refractivity contribution in [1.82, 2.24) is 29.8 Å². The molecule has 0 unspecified atom stereocenters. The van der Waals surface area contributed by atoms with Gasteiger partial charge < -0.3 is 51.7 Å². The van der Waals surface area contributed by atoms with Crippen molar-refractivity contribution in [2.45, 2.75) is 39.2 Å². The number of nitrogens with one attached hydrogen (secondary N) is 1. The van der Waals surface area contributed by atoms with Crippen molar-refractivity contribution >= 4 is 76.4 Å². The van der Waals surface area contributed by atoms with Crippen LogP contribution in [0.4, 0.5) is 8.55 Å². The minimum Gasteiger partial charge on any atom is -0.494 e. The number of aliphatic carboxylic acids is 4. The number of carboxylic acid groups (broad SMARTS) is 4. The Morgan fingerprint density at radius 2 is 1.24 bits per heavy atom. The molecule has 24 heteroatoms. The number of carbonyl (C=O) groups excluding carboxylic acids is 3. The summed E-state index contributed by atoms with van der Waals surface area (Å²) in [6.07, 6.45) is 2.42. The lowest BCUT2D eigenvalue weighted by molar-refractivity contribution is -0.140. The lowest BCUT2D eigenvalue weighted by Crippen LogP contribution is -2.49. The number of ether oxygens (including phenoxy) is 1. The molecular formula is C43H64FIN10O12. The third kappa shape index (κ3) is 23.5. The van der Waals surface area contributed by atoms with Gasteiger partial charge in [0.25, 0.3) is 5.91 Å². The predicted octanol–water partition coefficient (Wildman–Crippen LogP) is 0.877. The SMILES string of the molecule is CCCCN=C(N)N.FI.O=C(O)CCN1CC(=O)N(Cc2ccc(OCCCNC(=O)CN3CCN(CC(=O)O)CCN(CC(=O)O)CCN(CC(=O)O)CC3)cc2)c2ccccc2C1=O. The van der Waals surface area contributed by atoms with Crippen LogP contribution >= 0.6 is 23.2 Å². The van der Waals surface area contributed by atoms with E-state index in [-0.39, 0.29) is 96.2 Å². The van der Waals surface area contributed by atoms with Crippen molar-refractivity contribution in [2.24, 2.45) is 16.5 Å². The first kappa shape index (κ1) is 57.4. The number of aliphatic imine (C=N–C) groups is 1. The molecule has 2 aromatic carbocycles. The van der Waals surface area contributed by atoms with Gasteiger partial charge in [-0.15, -0.1) is 0 Å². The Morgan fingerprint density at radius 1 is 0.731 bits per heavy atom. The summed E-state index contributed by atoms with van der Waals surface area (Å²) in [5.41, 5.74) is 11.7. The number of hydrogen-bond donors (Lipinski definition) is 7. The highest BCUT2D eigenvalue weighted by Gasteiger charge is 2.31. The number of nitrogens with zero attached hydrogens (tertiary/aromatic N) is 7. The molecule has 0 aliphatic carbocycles. The first-order valence-corrected chi connectivity index (χ1v) is 22.5. The first-order chi connectivity index (χ1) is 32.0. The van der Waals surface area contributed by atoms with Gasteiger partial charge in [-0.05, 0) is 42.7 Å². The molecule has 2 heterocycles. The molecular weight excluding hydrogens is 994 g/mol. The number of carboxylic acids is 4. The van der Waals surface area contributed by atoms with Gasteiger partial charge in [0.2, 0.25) is 11.8 Å². The van der Waals surface area contributed by atoms with Crippen LogP contribution in [-0.4, -0.2) is 204 Å². The fourth-order valence-electron chi connectivity index (χ4n) is 6.87. The number of unbranched alkanes of at least 4 members (excludes halogenated alkanes) is 1. The standard InChI is InChI=1S/C38H51N7O12.C5H13N3.FI/c46-32(23-40-13-15-41(25-35(50)51)17-19-43(27-37(54)55)20-18-42(16-14-40)26-36(52)53)39-11-3-21-57-29-8-6-28(7-9-29)22-45-31-5-2-1-4-30(31)38(56)44(24-33(45)47)12-10-34(48)49;1-2-3-4-8-5(6)7;1-2/h1-2,4-9H,3,10-27H2,(H,39,46)(H,48,49)(H,50,51)(H,52,53)(H,54,55);2-4H2,1H3,(H4,6,7,8);. The summed E-state index contributed by atoms with van der Waals surface area (Å²) in [4.78, 5) is 98.4. The number of fused-ring (bicyclic) bond motifs is 1. The van der Waals surface area contributed by atoms with E-state index in [4.69, 9.17) is 21.3 Å². The number of anilines is 1. The van der Waals surface area contributed by atoms with Gasteiger partial charge >= 0.3 is 23.9 Å². The third-order valence-electron chi connectivity index (χ3n) is 10.3. The Bertz CT molecular complexity index is 1900. The van der Waals surface area contributed by atoms with Gasteiger partial charge in [0.05, 0.1) is 57.0 Å². The summed E-state index contributed by atoms with van der Waals surface area (Å²) in [7, 11) is 0. The highest BCUT2D eigenvalue weighted by atomic mass is 127. The molecule has 2 aliphatic heterocycles. The number of guanidine groups is 1. The normalized spacial score (nSPS) is 15.4. The number of halogens is 2. The van der Waals surface area contributed by atoms with Crippen molar-refractivity contribution in [1.29, 1.82) is 0 Å². The minimum atomic E-state index is -1.06. The maximum Gasteiger partial charge on any atom is 0.317 e. The molecule has 2 aliphatic rings. The maximum absolute atomic E-state index is 13.3. The average Bonchev–Trinajstić information content (AvgIpc) is 3.37. The van der Waals surface area contributed by atoms with Gasteiger partial charge in [0.15, 0.2) is 29.1 Å². The molecule has 0 atom stereocenters. The topological polar surface area (TPSA) is 306 Å². The minimum absolute atomic E-state index is 0.00774. The van der Waals surface area contributed by atoms with Gasteiger partial charge in [0.1, 0.15) is 12.3 Å². The van der Waals surface area contributed by atoms with Crippen molar-refractivity contribution in [2.75, 3.05) is 116 Å². The number of para-hydroxylation sites is 1. The van der Waals surface area contributed by atoms with Crippen LogP contribution in [0, 0.1) is 0 Å². The van der Waals surface area contributed by atoms with Crippen LogP contribution in [0.5, 0.6) is 5.75 Å². The number of amides is 3. The Morgan fingerprint density at radius 3 is 1.72 bits per heavy atom. The molecule has 372 valence electrons. The van der Waals surface area contributed by atoms with E-state index in [9.17, 15) is 51.7 Å². The lowest BCUT2D eigenvalue weighted by Gasteiger charge is -2.32. The summed E-state index contributed by atoms with van der Waals surface area (Å²) in [5.74, 6) is -4.39. The van der Waals surface area contributed by atoms with Crippen LogP contribution in [0.25, 0.3) is 0 Å². The second-order valence-electron chi connectivity index (χ2n) is 15.5. The van der Waals surface area contributed by atoms with E-state index < -0.39 is 29.8 Å². The van der Waals surface area contributed by atoms with E-state index in [1.54, 1.807) is 63.2 Å². The van der Waals surface area contributed by atoms with Crippen LogP contribution in [0.1, 0.15) is 48.5 Å². The molecule has 9 N–H and O–H groups in total. The Kier molecular flexibility index (Phi) is 27.5. The summed E-state index contributed by atoms with van der Waals surface area (Å²) in [5, 5.41) is 40.2. The zero-order chi connectivity index (χ0) is 49.7. The summed E-state index contributed by atoms with van der Waals surface area (Å²) >= 11 is 0.650. The first-order valence-electron chi connectivity index (χ1n) is 21.7. The van der Waals surface area contributed by atoms with Gasteiger partial charge in [0, 0.05) is 72.0 Å². The smallest absolute Gasteiger partial charge is 0.317 e. The van der Waals surface area contributed by atoms with Crippen LogP contribution < -0.4 is 26.4 Å². The highest BCUT2D eigenvalue weighted by molar-refractivity contribution is 14.1. The highest BCUT2D eigenvalue weighted by Crippen LogP contribution is 2.28. The van der Waals surface area contributed by atoms with E-state index in [1.807, 2.05) is 4.90 Å². The second-order valence-corrected chi connectivity index (χ2v) is 15.5. The molecule has 1 fully saturated rings. The van der Waals surface area contributed by atoms with Gasteiger partial charge in [-0.2, -0.15) is 2.86 Å². The van der Waals surface area contributed by atoms with Crippen LogP contribution in [0.3, 0.4) is 0 Å². The quantitative estimate of drug-likeness (QED) is 0.0395. The molecule has 0 radical (unpaired) electrons. The summed E-state index contributed by atoms with van der Waals surface area (Å²) < 4.78 is 15.3. The van der Waals surface area contributed by atoms with Crippen molar-refractivity contribution < 1.29 is 61.6 Å². The molecule has 1 saturated heterocycles. The molecule has 67 heavy (non-hydrogen) atoms. The maximum atomic E-state index is 13.3. The fraction of sp³-hybridized carbons (Fsp3) is 0.535. The fourth-order valence-corrected chi connectivity index (χ4v) is 6.87. The molecule has 3 amide bonds. The van der Waals surface area contributed by atoms with Gasteiger partial charge in [-0.3, -0.25) is 58.2 Å². The second kappa shape index (κ2) is 32.1. The number of benzene rings is 2. The van der Waals surface area contributed by atoms with E-state index in [2.05, 4.69) is 17.2 Å². The molecule has 4 rings (SSSR count). The number of hydrogen-bond acceptors (Lipinski definition) is 13. The molecule has 2 aromatic rings.